The lowest BCUT2D eigenvalue weighted by Gasteiger charge is -2.03. The van der Waals surface area contributed by atoms with Gasteiger partial charge in [0.25, 0.3) is 0 Å². The minimum atomic E-state index is 0.598. The summed E-state index contributed by atoms with van der Waals surface area (Å²) in [6.45, 7) is 0. The fourth-order valence-corrected chi connectivity index (χ4v) is 1.79. The van der Waals surface area contributed by atoms with Crippen molar-refractivity contribution in [2.75, 3.05) is 7.11 Å². The van der Waals surface area contributed by atoms with Crippen molar-refractivity contribution in [2.24, 2.45) is 0 Å². The lowest BCUT2D eigenvalue weighted by molar-refractivity contribution is 0.411. The molecule has 1 aromatic carbocycles. The van der Waals surface area contributed by atoms with E-state index in [0.29, 0.717) is 11.5 Å². The molecule has 0 saturated heterocycles. The zero-order chi connectivity index (χ0) is 12.4. The summed E-state index contributed by atoms with van der Waals surface area (Å²) in [4.78, 5) is 0. The summed E-state index contributed by atoms with van der Waals surface area (Å²) in [6, 6.07) is 13.1. The van der Waals surface area contributed by atoms with Crippen LogP contribution in [-0.2, 0) is 0 Å². The van der Waals surface area contributed by atoms with Crippen molar-refractivity contribution in [1.82, 2.24) is 5.16 Å². The molecule has 0 bridgehead atoms. The summed E-state index contributed by atoms with van der Waals surface area (Å²) in [5.74, 6) is 2.02. The van der Waals surface area contributed by atoms with Gasteiger partial charge in [-0.05, 0) is 24.3 Å². The molecule has 3 aromatic rings. The Kier molecular flexibility index (Phi) is 2.61. The number of aromatic nitrogens is 1. The van der Waals surface area contributed by atoms with Gasteiger partial charge in [-0.1, -0.05) is 17.3 Å². The fraction of sp³-hybridized carbons (Fsp3) is 0.0714. The molecule has 2 heterocycles. The standard InChI is InChI=1S/C14H11NO3/c1-16-12-6-3-2-5-10(12)11-9-14(18-15-11)13-7-4-8-17-13/h2-9H,1H3. The molecule has 0 spiro atoms. The lowest BCUT2D eigenvalue weighted by atomic mass is 10.1. The first-order chi connectivity index (χ1) is 8.88. The summed E-state index contributed by atoms with van der Waals surface area (Å²) in [5.41, 5.74) is 1.61. The Morgan fingerprint density at radius 3 is 2.72 bits per heavy atom. The monoisotopic (exact) mass is 241 g/mol. The van der Waals surface area contributed by atoms with Crippen molar-refractivity contribution < 1.29 is 13.7 Å². The third-order valence-electron chi connectivity index (χ3n) is 2.66. The number of rotatable bonds is 3. The van der Waals surface area contributed by atoms with Crippen molar-refractivity contribution in [3.8, 4) is 28.5 Å². The number of para-hydroxylation sites is 1. The van der Waals surface area contributed by atoms with Crippen molar-refractivity contribution in [1.29, 1.82) is 0 Å². The van der Waals surface area contributed by atoms with Crippen LogP contribution >= 0.6 is 0 Å². The molecule has 4 nitrogen and oxygen atoms in total. The van der Waals surface area contributed by atoms with E-state index >= 15 is 0 Å². The highest BCUT2D eigenvalue weighted by molar-refractivity contribution is 5.69. The van der Waals surface area contributed by atoms with Gasteiger partial charge in [-0.15, -0.1) is 0 Å². The van der Waals surface area contributed by atoms with E-state index in [-0.39, 0.29) is 0 Å². The van der Waals surface area contributed by atoms with Crippen LogP contribution in [0.3, 0.4) is 0 Å². The molecule has 18 heavy (non-hydrogen) atoms. The second-order valence-corrected chi connectivity index (χ2v) is 3.75. The molecule has 3 rings (SSSR count). The zero-order valence-corrected chi connectivity index (χ0v) is 9.79. The van der Waals surface area contributed by atoms with Gasteiger partial charge in [0.05, 0.1) is 13.4 Å². The number of ether oxygens (including phenoxy) is 1. The Balaban J connectivity index is 2.03. The molecule has 0 amide bonds. The molecule has 0 N–H and O–H groups in total. The van der Waals surface area contributed by atoms with Gasteiger partial charge in [0.2, 0.25) is 5.76 Å². The van der Waals surface area contributed by atoms with E-state index < -0.39 is 0 Å². The third-order valence-corrected chi connectivity index (χ3v) is 2.66. The Labute approximate surface area is 104 Å². The van der Waals surface area contributed by atoms with E-state index in [2.05, 4.69) is 5.16 Å². The number of methoxy groups -OCH3 is 1. The maximum absolute atomic E-state index is 5.29. The molecular formula is C14H11NO3. The quantitative estimate of drug-likeness (QED) is 0.702. The first-order valence-corrected chi connectivity index (χ1v) is 5.52. The van der Waals surface area contributed by atoms with Crippen LogP contribution in [0.25, 0.3) is 22.8 Å². The summed E-state index contributed by atoms with van der Waals surface area (Å²) in [6.07, 6.45) is 1.60. The van der Waals surface area contributed by atoms with Gasteiger partial charge < -0.3 is 13.7 Å². The molecule has 0 fully saturated rings. The first-order valence-electron chi connectivity index (χ1n) is 5.52. The van der Waals surface area contributed by atoms with Crippen LogP contribution in [0.15, 0.2) is 57.7 Å². The molecule has 0 aliphatic heterocycles. The molecule has 0 atom stereocenters. The smallest absolute Gasteiger partial charge is 0.202 e. The molecule has 4 heteroatoms. The maximum atomic E-state index is 5.29. The van der Waals surface area contributed by atoms with E-state index in [1.165, 1.54) is 0 Å². The number of hydrogen-bond acceptors (Lipinski definition) is 4. The summed E-state index contributed by atoms with van der Waals surface area (Å²) in [5, 5.41) is 4.04. The number of nitrogens with zero attached hydrogens (tertiary/aromatic N) is 1. The molecular weight excluding hydrogens is 230 g/mol. The normalized spacial score (nSPS) is 10.5. The Morgan fingerprint density at radius 2 is 1.94 bits per heavy atom. The van der Waals surface area contributed by atoms with Crippen molar-refractivity contribution in [3.63, 3.8) is 0 Å². The maximum Gasteiger partial charge on any atom is 0.202 e. The topological polar surface area (TPSA) is 48.4 Å². The highest BCUT2D eigenvalue weighted by Gasteiger charge is 2.13. The molecule has 0 saturated carbocycles. The highest BCUT2D eigenvalue weighted by Crippen LogP contribution is 2.31. The second kappa shape index (κ2) is 4.41. The van der Waals surface area contributed by atoms with Crippen LogP contribution in [0.4, 0.5) is 0 Å². The molecule has 0 radical (unpaired) electrons. The summed E-state index contributed by atoms with van der Waals surface area (Å²) >= 11 is 0. The van der Waals surface area contributed by atoms with E-state index in [1.807, 2.05) is 36.4 Å². The van der Waals surface area contributed by atoms with Crippen molar-refractivity contribution >= 4 is 0 Å². The molecule has 90 valence electrons. The third kappa shape index (κ3) is 1.78. The van der Waals surface area contributed by atoms with Gasteiger partial charge in [-0.25, -0.2) is 0 Å². The van der Waals surface area contributed by atoms with Crippen LogP contribution in [0.5, 0.6) is 5.75 Å². The predicted molar refractivity (Wildman–Crippen MR) is 66.2 cm³/mol. The molecule has 0 aliphatic carbocycles. The first kappa shape index (κ1) is 10.7. The minimum absolute atomic E-state index is 0.598. The molecule has 0 unspecified atom stereocenters. The van der Waals surface area contributed by atoms with E-state index in [4.69, 9.17) is 13.7 Å². The van der Waals surface area contributed by atoms with Crippen molar-refractivity contribution in [2.45, 2.75) is 0 Å². The van der Waals surface area contributed by atoms with Crippen LogP contribution in [-0.4, -0.2) is 12.3 Å². The Morgan fingerprint density at radius 1 is 1.06 bits per heavy atom. The van der Waals surface area contributed by atoms with Gasteiger partial charge in [-0.3, -0.25) is 0 Å². The molecule has 0 aliphatic rings. The second-order valence-electron chi connectivity index (χ2n) is 3.75. The van der Waals surface area contributed by atoms with Gasteiger partial charge >= 0.3 is 0 Å². The SMILES string of the molecule is COc1ccccc1-c1cc(-c2ccco2)on1. The van der Waals surface area contributed by atoms with Gasteiger partial charge in [0.1, 0.15) is 11.4 Å². The van der Waals surface area contributed by atoms with Crippen LogP contribution in [0.2, 0.25) is 0 Å². The predicted octanol–water partition coefficient (Wildman–Crippen LogP) is 3.61. The zero-order valence-electron chi connectivity index (χ0n) is 9.79. The van der Waals surface area contributed by atoms with E-state index in [1.54, 1.807) is 19.4 Å². The van der Waals surface area contributed by atoms with Crippen LogP contribution in [0.1, 0.15) is 0 Å². The Bertz CT molecular complexity index is 641. The largest absolute Gasteiger partial charge is 0.496 e. The molecule has 2 aromatic heterocycles. The summed E-state index contributed by atoms with van der Waals surface area (Å²) in [7, 11) is 1.63. The average molecular weight is 241 g/mol. The average Bonchev–Trinajstić information content (AvgIpc) is 3.09. The van der Waals surface area contributed by atoms with Gasteiger partial charge in [-0.2, -0.15) is 0 Å². The van der Waals surface area contributed by atoms with Crippen LogP contribution in [0, 0.1) is 0 Å². The number of benzene rings is 1. The highest BCUT2D eigenvalue weighted by atomic mass is 16.5. The van der Waals surface area contributed by atoms with E-state index in [0.717, 1.165) is 17.0 Å². The van der Waals surface area contributed by atoms with E-state index in [9.17, 15) is 0 Å². The summed E-state index contributed by atoms with van der Waals surface area (Å²) < 4.78 is 15.8. The number of hydrogen-bond donors (Lipinski definition) is 0. The fourth-order valence-electron chi connectivity index (χ4n) is 1.79. The Hall–Kier alpha value is -2.49. The van der Waals surface area contributed by atoms with Crippen LogP contribution < -0.4 is 4.74 Å². The van der Waals surface area contributed by atoms with Crippen molar-refractivity contribution in [3.05, 3.63) is 48.7 Å². The number of furan rings is 1. The van der Waals surface area contributed by atoms with Gasteiger partial charge in [0, 0.05) is 11.6 Å². The lowest BCUT2D eigenvalue weighted by Crippen LogP contribution is -1.86. The minimum Gasteiger partial charge on any atom is -0.496 e. The van der Waals surface area contributed by atoms with Gasteiger partial charge in [0.15, 0.2) is 5.76 Å².